The molecule has 0 unspecified atom stereocenters. The van der Waals surface area contributed by atoms with Crippen molar-refractivity contribution >= 4 is 17.6 Å². The number of halogens is 1. The Kier molecular flexibility index (Phi) is 4.25. The molecule has 3 atom stereocenters. The molecular weight excluding hydrogens is 250 g/mol. The van der Waals surface area contributed by atoms with Gasteiger partial charge in [0.15, 0.2) is 0 Å². The smallest absolute Gasteiger partial charge is 0.303 e. The van der Waals surface area contributed by atoms with Crippen LogP contribution in [0.5, 0.6) is 0 Å². The Morgan fingerprint density at radius 3 is 2.61 bits per heavy atom. The van der Waals surface area contributed by atoms with Crippen LogP contribution in [-0.2, 0) is 4.79 Å². The van der Waals surface area contributed by atoms with E-state index in [2.05, 4.69) is 0 Å². The van der Waals surface area contributed by atoms with Gasteiger partial charge in [0.25, 0.3) is 0 Å². The zero-order valence-corrected chi connectivity index (χ0v) is 10.9. The van der Waals surface area contributed by atoms with Gasteiger partial charge in [0.2, 0.25) is 0 Å². The summed E-state index contributed by atoms with van der Waals surface area (Å²) in [6.07, 6.45) is 2.91. The van der Waals surface area contributed by atoms with Crippen LogP contribution in [0.25, 0.3) is 0 Å². The predicted octanol–water partition coefficient (Wildman–Crippen LogP) is 3.03. The molecule has 3 N–H and O–H groups in total. The van der Waals surface area contributed by atoms with Gasteiger partial charge in [-0.2, -0.15) is 0 Å². The van der Waals surface area contributed by atoms with Crippen LogP contribution in [0.4, 0.5) is 0 Å². The fraction of sp³-hybridized carbons (Fsp3) is 0.500. The molecule has 0 bridgehead atoms. The number of benzene rings is 1. The molecular formula is C14H18ClNO2. The fourth-order valence-corrected chi connectivity index (χ4v) is 2.93. The number of aliphatic carboxylic acids is 1. The van der Waals surface area contributed by atoms with E-state index >= 15 is 0 Å². The van der Waals surface area contributed by atoms with Crippen molar-refractivity contribution in [3.05, 3.63) is 34.9 Å². The van der Waals surface area contributed by atoms with E-state index in [0.717, 1.165) is 19.3 Å². The highest BCUT2D eigenvalue weighted by molar-refractivity contribution is 6.30. The number of carboxylic acid groups (broad SMARTS) is 1. The third kappa shape index (κ3) is 3.24. The minimum absolute atomic E-state index is 0.122. The summed E-state index contributed by atoms with van der Waals surface area (Å²) in [5.41, 5.74) is 7.33. The third-order valence-corrected chi connectivity index (χ3v) is 4.03. The Morgan fingerprint density at radius 2 is 2.00 bits per heavy atom. The lowest BCUT2D eigenvalue weighted by Crippen LogP contribution is -2.35. The summed E-state index contributed by atoms with van der Waals surface area (Å²) < 4.78 is 0. The van der Waals surface area contributed by atoms with E-state index in [1.165, 1.54) is 5.56 Å². The second-order valence-electron chi connectivity index (χ2n) is 5.10. The maximum absolute atomic E-state index is 10.8. The molecule has 1 saturated carbocycles. The van der Waals surface area contributed by atoms with E-state index in [1.54, 1.807) is 0 Å². The molecule has 0 aromatic heterocycles. The van der Waals surface area contributed by atoms with Gasteiger partial charge in [0.1, 0.15) is 0 Å². The number of carbonyl (C=O) groups is 1. The molecule has 1 aliphatic carbocycles. The maximum atomic E-state index is 10.8. The van der Waals surface area contributed by atoms with Gasteiger partial charge in [-0.3, -0.25) is 4.79 Å². The van der Waals surface area contributed by atoms with E-state index in [1.807, 2.05) is 24.3 Å². The first-order valence-electron chi connectivity index (χ1n) is 6.29. The van der Waals surface area contributed by atoms with E-state index < -0.39 is 5.97 Å². The average Bonchev–Trinajstić information content (AvgIpc) is 2.32. The summed E-state index contributed by atoms with van der Waals surface area (Å²) in [4.78, 5) is 10.8. The quantitative estimate of drug-likeness (QED) is 0.885. The Morgan fingerprint density at radius 1 is 1.33 bits per heavy atom. The van der Waals surface area contributed by atoms with E-state index in [-0.39, 0.29) is 24.3 Å². The van der Waals surface area contributed by atoms with Gasteiger partial charge in [-0.05, 0) is 48.8 Å². The normalized spacial score (nSPS) is 28.0. The van der Waals surface area contributed by atoms with Crippen molar-refractivity contribution < 1.29 is 9.90 Å². The zero-order chi connectivity index (χ0) is 13.1. The number of hydrogen-bond donors (Lipinski definition) is 2. The minimum atomic E-state index is -0.717. The molecule has 0 saturated heterocycles. The van der Waals surface area contributed by atoms with Crippen LogP contribution in [0.1, 0.15) is 37.2 Å². The van der Waals surface area contributed by atoms with Crippen molar-refractivity contribution in [3.8, 4) is 0 Å². The summed E-state index contributed by atoms with van der Waals surface area (Å²) in [5, 5.41) is 9.59. The van der Waals surface area contributed by atoms with E-state index in [0.29, 0.717) is 5.02 Å². The van der Waals surface area contributed by atoms with E-state index in [4.69, 9.17) is 22.4 Å². The minimum Gasteiger partial charge on any atom is -0.481 e. The van der Waals surface area contributed by atoms with Crippen molar-refractivity contribution in [3.63, 3.8) is 0 Å². The van der Waals surface area contributed by atoms with E-state index in [9.17, 15) is 4.79 Å². The molecule has 2 rings (SSSR count). The number of nitrogens with two attached hydrogens (primary N) is 1. The van der Waals surface area contributed by atoms with Crippen LogP contribution in [0.2, 0.25) is 5.02 Å². The SMILES string of the molecule is N[C@@H]1CC[C@@H](CC(=O)O)C[C@H]1c1ccc(Cl)cc1. The average molecular weight is 268 g/mol. The highest BCUT2D eigenvalue weighted by Gasteiger charge is 2.30. The van der Waals surface area contributed by atoms with Gasteiger partial charge in [-0.15, -0.1) is 0 Å². The largest absolute Gasteiger partial charge is 0.481 e. The second kappa shape index (κ2) is 5.72. The summed E-state index contributed by atoms with van der Waals surface area (Å²) in [5.74, 6) is -0.228. The lowest BCUT2D eigenvalue weighted by molar-refractivity contribution is -0.138. The zero-order valence-electron chi connectivity index (χ0n) is 10.2. The molecule has 1 aromatic carbocycles. The monoisotopic (exact) mass is 267 g/mol. The number of rotatable bonds is 3. The first-order valence-corrected chi connectivity index (χ1v) is 6.67. The summed E-state index contributed by atoms with van der Waals surface area (Å²) in [6.45, 7) is 0. The van der Waals surface area contributed by atoms with Crippen molar-refractivity contribution in [2.75, 3.05) is 0 Å². The van der Waals surface area contributed by atoms with Gasteiger partial charge < -0.3 is 10.8 Å². The van der Waals surface area contributed by atoms with Crippen LogP contribution < -0.4 is 5.73 Å². The topological polar surface area (TPSA) is 63.3 Å². The molecule has 4 heteroatoms. The third-order valence-electron chi connectivity index (χ3n) is 3.77. The molecule has 0 amide bonds. The maximum Gasteiger partial charge on any atom is 0.303 e. The lowest BCUT2D eigenvalue weighted by atomic mass is 9.74. The molecule has 0 heterocycles. The summed E-state index contributed by atoms with van der Waals surface area (Å²) >= 11 is 5.88. The highest BCUT2D eigenvalue weighted by Crippen LogP contribution is 2.37. The molecule has 18 heavy (non-hydrogen) atoms. The number of hydrogen-bond acceptors (Lipinski definition) is 2. The Hall–Kier alpha value is -1.06. The van der Waals surface area contributed by atoms with Gasteiger partial charge in [0.05, 0.1) is 0 Å². The Balaban J connectivity index is 2.09. The second-order valence-corrected chi connectivity index (χ2v) is 5.54. The predicted molar refractivity (Wildman–Crippen MR) is 71.8 cm³/mol. The van der Waals surface area contributed by atoms with Gasteiger partial charge in [-0.1, -0.05) is 23.7 Å². The van der Waals surface area contributed by atoms with Crippen LogP contribution in [0.15, 0.2) is 24.3 Å². The van der Waals surface area contributed by atoms with Crippen molar-refractivity contribution in [2.24, 2.45) is 11.7 Å². The van der Waals surface area contributed by atoms with Crippen molar-refractivity contribution in [1.82, 2.24) is 0 Å². The number of carboxylic acids is 1. The van der Waals surface area contributed by atoms with Crippen molar-refractivity contribution in [2.45, 2.75) is 37.6 Å². The molecule has 1 aliphatic rings. The summed E-state index contributed by atoms with van der Waals surface area (Å²) in [7, 11) is 0. The molecule has 98 valence electrons. The molecule has 0 aliphatic heterocycles. The molecule has 1 aromatic rings. The highest BCUT2D eigenvalue weighted by atomic mass is 35.5. The molecule has 3 nitrogen and oxygen atoms in total. The van der Waals surface area contributed by atoms with Crippen molar-refractivity contribution in [1.29, 1.82) is 0 Å². The molecule has 1 fully saturated rings. The van der Waals surface area contributed by atoms with Crippen LogP contribution in [-0.4, -0.2) is 17.1 Å². The van der Waals surface area contributed by atoms with Crippen LogP contribution in [0.3, 0.4) is 0 Å². The van der Waals surface area contributed by atoms with Gasteiger partial charge in [0, 0.05) is 17.5 Å². The first-order chi connectivity index (χ1) is 8.56. The van der Waals surface area contributed by atoms with Crippen LogP contribution >= 0.6 is 11.6 Å². The van der Waals surface area contributed by atoms with Gasteiger partial charge >= 0.3 is 5.97 Å². The lowest BCUT2D eigenvalue weighted by Gasteiger charge is -2.34. The standard InChI is InChI=1S/C14H18ClNO2/c15-11-4-2-10(3-5-11)12-7-9(8-14(17)18)1-6-13(12)16/h2-5,9,12-13H,1,6-8,16H2,(H,17,18)/t9-,12+,13-/m1/s1. The first kappa shape index (κ1) is 13.4. The molecule has 0 spiro atoms. The summed E-state index contributed by atoms with van der Waals surface area (Å²) in [6, 6.07) is 7.84. The fourth-order valence-electron chi connectivity index (χ4n) is 2.81. The molecule has 0 radical (unpaired) electrons. The van der Waals surface area contributed by atoms with Gasteiger partial charge in [-0.25, -0.2) is 0 Å². The Labute approximate surface area is 112 Å². The Bertz CT molecular complexity index is 418. The van der Waals surface area contributed by atoms with Crippen LogP contribution in [0, 0.1) is 5.92 Å².